The molecule has 6 nitrogen and oxygen atoms in total. The number of aryl methyl sites for hydroxylation is 1. The number of hydrogen-bond donors (Lipinski definition) is 1. The number of anilines is 1. The highest BCUT2D eigenvalue weighted by molar-refractivity contribution is 5.79. The summed E-state index contributed by atoms with van der Waals surface area (Å²) in [4.78, 5) is 26.4. The van der Waals surface area contributed by atoms with Crippen molar-refractivity contribution in [1.82, 2.24) is 19.8 Å². The Morgan fingerprint density at radius 1 is 1.03 bits per heavy atom. The van der Waals surface area contributed by atoms with Crippen molar-refractivity contribution in [2.24, 2.45) is 0 Å². The van der Waals surface area contributed by atoms with Crippen LogP contribution >= 0.6 is 0 Å². The summed E-state index contributed by atoms with van der Waals surface area (Å²) in [6, 6.07) is 20.7. The third-order valence-electron chi connectivity index (χ3n) is 5.84. The van der Waals surface area contributed by atoms with E-state index < -0.39 is 0 Å². The standard InChI is InChI=1S/C26H31N5O/c1-19-8-7-11-21(12-19)15-30(3)18-25-28-23(14-24(27-2)29-25)22-13-26(32)31(17-22)16-20-9-5-4-6-10-20/h4-12,14,22H,13,15-18H2,1-3H3,(H,27,28,29)/t22-/m1/s1. The normalized spacial score (nSPS) is 16.1. The third-order valence-corrected chi connectivity index (χ3v) is 5.84. The molecule has 0 radical (unpaired) electrons. The van der Waals surface area contributed by atoms with Crippen molar-refractivity contribution in [3.8, 4) is 0 Å². The van der Waals surface area contributed by atoms with Crippen LogP contribution in [0.15, 0.2) is 60.7 Å². The minimum atomic E-state index is 0.0853. The van der Waals surface area contributed by atoms with E-state index in [0.29, 0.717) is 26.1 Å². The molecule has 1 atom stereocenters. The second kappa shape index (κ2) is 9.92. The Hall–Kier alpha value is -3.25. The monoisotopic (exact) mass is 429 g/mol. The lowest BCUT2D eigenvalue weighted by Gasteiger charge is -2.19. The quantitative estimate of drug-likeness (QED) is 0.587. The van der Waals surface area contributed by atoms with Crippen LogP contribution in [0.3, 0.4) is 0 Å². The summed E-state index contributed by atoms with van der Waals surface area (Å²) in [5.74, 6) is 1.84. The summed E-state index contributed by atoms with van der Waals surface area (Å²) in [6.45, 7) is 4.92. The zero-order valence-corrected chi connectivity index (χ0v) is 19.1. The van der Waals surface area contributed by atoms with Gasteiger partial charge in [-0.05, 0) is 25.1 Å². The molecule has 1 aliphatic heterocycles. The highest BCUT2D eigenvalue weighted by Crippen LogP contribution is 2.29. The molecule has 32 heavy (non-hydrogen) atoms. The van der Waals surface area contributed by atoms with Crippen LogP contribution in [0.1, 0.15) is 40.5 Å². The second-order valence-corrected chi connectivity index (χ2v) is 8.67. The van der Waals surface area contributed by atoms with Gasteiger partial charge >= 0.3 is 0 Å². The van der Waals surface area contributed by atoms with Gasteiger partial charge < -0.3 is 10.2 Å². The van der Waals surface area contributed by atoms with Crippen LogP contribution in [0, 0.1) is 6.92 Å². The first-order chi connectivity index (χ1) is 15.5. The lowest BCUT2D eigenvalue weighted by atomic mass is 10.0. The Morgan fingerprint density at radius 2 is 1.81 bits per heavy atom. The van der Waals surface area contributed by atoms with Crippen LogP contribution in [-0.4, -0.2) is 46.3 Å². The minimum Gasteiger partial charge on any atom is -0.373 e. The maximum atomic E-state index is 12.7. The highest BCUT2D eigenvalue weighted by Gasteiger charge is 2.32. The number of aromatic nitrogens is 2. The fraction of sp³-hybridized carbons (Fsp3) is 0.346. The highest BCUT2D eigenvalue weighted by atomic mass is 16.2. The van der Waals surface area contributed by atoms with Gasteiger partial charge in [0.25, 0.3) is 0 Å². The van der Waals surface area contributed by atoms with Gasteiger partial charge in [0.15, 0.2) is 0 Å². The summed E-state index contributed by atoms with van der Waals surface area (Å²) in [5.41, 5.74) is 4.62. The number of carbonyl (C=O) groups is 1. The van der Waals surface area contributed by atoms with E-state index >= 15 is 0 Å². The molecule has 1 N–H and O–H groups in total. The Labute approximate surface area is 190 Å². The molecule has 0 unspecified atom stereocenters. The fourth-order valence-electron chi connectivity index (χ4n) is 4.27. The summed E-state index contributed by atoms with van der Waals surface area (Å²) >= 11 is 0. The predicted octanol–water partition coefficient (Wildman–Crippen LogP) is 3.97. The average Bonchev–Trinajstić information content (AvgIpc) is 3.14. The molecular formula is C26H31N5O. The van der Waals surface area contributed by atoms with Crippen molar-refractivity contribution < 1.29 is 4.79 Å². The molecule has 0 spiro atoms. The Kier molecular flexibility index (Phi) is 6.81. The van der Waals surface area contributed by atoms with E-state index in [1.54, 1.807) is 0 Å². The van der Waals surface area contributed by atoms with Gasteiger partial charge in [-0.15, -0.1) is 0 Å². The van der Waals surface area contributed by atoms with E-state index in [-0.39, 0.29) is 11.8 Å². The topological polar surface area (TPSA) is 61.4 Å². The largest absolute Gasteiger partial charge is 0.373 e. The number of benzene rings is 2. The first-order valence-electron chi connectivity index (χ1n) is 11.1. The van der Waals surface area contributed by atoms with E-state index in [9.17, 15) is 4.79 Å². The van der Waals surface area contributed by atoms with Crippen molar-refractivity contribution in [2.75, 3.05) is 26.0 Å². The summed E-state index contributed by atoms with van der Waals surface area (Å²) in [7, 11) is 3.95. The van der Waals surface area contributed by atoms with Crippen LogP contribution < -0.4 is 5.32 Å². The maximum absolute atomic E-state index is 12.7. The maximum Gasteiger partial charge on any atom is 0.223 e. The molecule has 6 heteroatoms. The first kappa shape index (κ1) is 22.0. The summed E-state index contributed by atoms with van der Waals surface area (Å²) in [6.07, 6.45) is 0.492. The van der Waals surface area contributed by atoms with Crippen molar-refractivity contribution in [2.45, 2.75) is 38.9 Å². The molecule has 1 amide bonds. The number of rotatable bonds is 8. The molecule has 0 saturated carbocycles. The van der Waals surface area contributed by atoms with Gasteiger partial charge in [0, 0.05) is 45.1 Å². The average molecular weight is 430 g/mol. The predicted molar refractivity (Wildman–Crippen MR) is 127 cm³/mol. The smallest absolute Gasteiger partial charge is 0.223 e. The molecule has 1 aromatic heterocycles. The Morgan fingerprint density at radius 3 is 2.56 bits per heavy atom. The number of carbonyl (C=O) groups excluding carboxylic acids is 1. The molecule has 2 aromatic carbocycles. The Balaban J connectivity index is 1.46. The van der Waals surface area contributed by atoms with Gasteiger partial charge in [-0.2, -0.15) is 0 Å². The zero-order valence-electron chi connectivity index (χ0n) is 19.1. The van der Waals surface area contributed by atoms with Gasteiger partial charge in [-0.3, -0.25) is 9.69 Å². The number of nitrogens with one attached hydrogen (secondary N) is 1. The minimum absolute atomic E-state index is 0.0853. The van der Waals surface area contributed by atoms with Crippen LogP contribution in [0.4, 0.5) is 5.82 Å². The molecule has 0 aliphatic carbocycles. The van der Waals surface area contributed by atoms with Gasteiger partial charge in [-0.1, -0.05) is 60.2 Å². The molecule has 0 bridgehead atoms. The number of likely N-dealkylation sites (tertiary alicyclic amines) is 1. The molecule has 2 heterocycles. The molecule has 1 saturated heterocycles. The number of amides is 1. The molecule has 3 aromatic rings. The fourth-order valence-corrected chi connectivity index (χ4v) is 4.27. The molecule has 4 rings (SSSR count). The van der Waals surface area contributed by atoms with Crippen molar-refractivity contribution in [1.29, 1.82) is 0 Å². The van der Waals surface area contributed by atoms with Crippen LogP contribution in [0.5, 0.6) is 0 Å². The van der Waals surface area contributed by atoms with E-state index in [1.165, 1.54) is 11.1 Å². The van der Waals surface area contributed by atoms with Gasteiger partial charge in [0.2, 0.25) is 5.91 Å². The van der Waals surface area contributed by atoms with Gasteiger partial charge in [0.1, 0.15) is 11.6 Å². The van der Waals surface area contributed by atoms with E-state index in [2.05, 4.69) is 65.6 Å². The SMILES string of the molecule is CNc1cc([C@@H]2CC(=O)N(Cc3ccccc3)C2)nc(CN(C)Cc2cccc(C)c2)n1. The number of nitrogens with zero attached hydrogens (tertiary/aromatic N) is 4. The van der Waals surface area contributed by atoms with Crippen molar-refractivity contribution in [3.63, 3.8) is 0 Å². The van der Waals surface area contributed by atoms with Crippen molar-refractivity contribution in [3.05, 3.63) is 88.9 Å². The first-order valence-corrected chi connectivity index (χ1v) is 11.1. The molecular weight excluding hydrogens is 398 g/mol. The van der Waals surface area contributed by atoms with Gasteiger partial charge in [0.05, 0.1) is 12.2 Å². The van der Waals surface area contributed by atoms with Crippen LogP contribution in [0.2, 0.25) is 0 Å². The lowest BCUT2D eigenvalue weighted by molar-refractivity contribution is -0.128. The summed E-state index contributed by atoms with van der Waals surface area (Å²) in [5, 5.41) is 3.16. The number of hydrogen-bond acceptors (Lipinski definition) is 5. The molecule has 1 aliphatic rings. The summed E-state index contributed by atoms with van der Waals surface area (Å²) < 4.78 is 0. The second-order valence-electron chi connectivity index (χ2n) is 8.67. The van der Waals surface area contributed by atoms with E-state index in [4.69, 9.17) is 4.98 Å². The van der Waals surface area contributed by atoms with Gasteiger partial charge in [-0.25, -0.2) is 9.97 Å². The van der Waals surface area contributed by atoms with Crippen LogP contribution in [0.25, 0.3) is 0 Å². The zero-order chi connectivity index (χ0) is 22.5. The Bertz CT molecular complexity index is 1070. The lowest BCUT2D eigenvalue weighted by Crippen LogP contribution is -2.24. The molecule has 166 valence electrons. The molecule has 1 fully saturated rings. The van der Waals surface area contributed by atoms with Crippen molar-refractivity contribution >= 4 is 11.7 Å². The van der Waals surface area contributed by atoms with E-state index in [1.807, 2.05) is 36.2 Å². The third kappa shape index (κ3) is 5.51. The van der Waals surface area contributed by atoms with Crippen LogP contribution in [-0.2, 0) is 24.4 Å². The van der Waals surface area contributed by atoms with E-state index in [0.717, 1.165) is 29.4 Å².